The zero-order valence-corrected chi connectivity index (χ0v) is 16.3. The van der Waals surface area contributed by atoms with Gasteiger partial charge in [-0.1, -0.05) is 23.6 Å². The van der Waals surface area contributed by atoms with Crippen LogP contribution in [0, 0.1) is 12.3 Å². The number of nitrogens with zero attached hydrogens (tertiary/aromatic N) is 1. The molecule has 0 spiro atoms. The molecule has 0 radical (unpaired) electrons. The van der Waals surface area contributed by atoms with E-state index >= 15 is 0 Å². The standard InChI is InChI=1S/C22H21ClN2O3/c1-4-7-18-13-16(14-20(27-6-3)21(18)28-12-5-2)15-24-25-22(26)17-8-10-19(23)11-9-17/h2,4,8-11,13-15H,1,6-7,12H2,3H3,(H,25,26)/b24-15-. The second-order valence-electron chi connectivity index (χ2n) is 5.63. The van der Waals surface area contributed by atoms with Crippen LogP contribution in [0.5, 0.6) is 11.5 Å². The molecule has 0 aliphatic heterocycles. The molecule has 144 valence electrons. The van der Waals surface area contributed by atoms with E-state index in [1.807, 2.05) is 13.0 Å². The molecule has 1 N–H and O–H groups in total. The fourth-order valence-corrected chi connectivity index (χ4v) is 2.56. The second kappa shape index (κ2) is 10.8. The smallest absolute Gasteiger partial charge is 0.271 e. The van der Waals surface area contributed by atoms with Crippen molar-refractivity contribution in [3.8, 4) is 23.8 Å². The van der Waals surface area contributed by atoms with E-state index in [0.717, 1.165) is 11.1 Å². The molecule has 0 heterocycles. The van der Waals surface area contributed by atoms with Crippen LogP contribution in [0.1, 0.15) is 28.4 Å². The van der Waals surface area contributed by atoms with Crippen molar-refractivity contribution in [1.29, 1.82) is 0 Å². The summed E-state index contributed by atoms with van der Waals surface area (Å²) in [7, 11) is 0. The topological polar surface area (TPSA) is 59.9 Å². The Bertz CT molecular complexity index is 899. The van der Waals surface area contributed by atoms with E-state index in [-0.39, 0.29) is 12.5 Å². The fraction of sp³-hybridized carbons (Fsp3) is 0.182. The van der Waals surface area contributed by atoms with Gasteiger partial charge in [0, 0.05) is 16.1 Å². The van der Waals surface area contributed by atoms with Gasteiger partial charge in [0.2, 0.25) is 0 Å². The maximum absolute atomic E-state index is 12.1. The van der Waals surface area contributed by atoms with Crippen molar-refractivity contribution in [2.45, 2.75) is 13.3 Å². The van der Waals surface area contributed by atoms with Crippen LogP contribution in [0.3, 0.4) is 0 Å². The third-order valence-corrected chi connectivity index (χ3v) is 3.86. The molecule has 0 aliphatic rings. The summed E-state index contributed by atoms with van der Waals surface area (Å²) in [5.41, 5.74) is 4.55. The molecule has 5 nitrogen and oxygen atoms in total. The lowest BCUT2D eigenvalue weighted by Crippen LogP contribution is -2.17. The summed E-state index contributed by atoms with van der Waals surface area (Å²) in [6, 6.07) is 10.2. The first-order valence-electron chi connectivity index (χ1n) is 8.64. The lowest BCUT2D eigenvalue weighted by Gasteiger charge is -2.15. The van der Waals surface area contributed by atoms with Crippen molar-refractivity contribution in [2.24, 2.45) is 5.10 Å². The quantitative estimate of drug-likeness (QED) is 0.298. The zero-order chi connectivity index (χ0) is 20.4. The molecule has 0 saturated heterocycles. The number of ether oxygens (including phenoxy) is 2. The average Bonchev–Trinajstić information content (AvgIpc) is 2.68. The number of allylic oxidation sites excluding steroid dienone is 1. The van der Waals surface area contributed by atoms with Crippen molar-refractivity contribution >= 4 is 23.7 Å². The van der Waals surface area contributed by atoms with Crippen LogP contribution in [-0.4, -0.2) is 25.3 Å². The molecule has 1 amide bonds. The number of carbonyl (C=O) groups excluding carboxylic acids is 1. The average molecular weight is 397 g/mol. The van der Waals surface area contributed by atoms with E-state index in [2.05, 4.69) is 23.0 Å². The Labute approximate surface area is 170 Å². The summed E-state index contributed by atoms with van der Waals surface area (Å²) in [5.74, 6) is 3.26. The third-order valence-electron chi connectivity index (χ3n) is 3.60. The number of halogens is 1. The van der Waals surface area contributed by atoms with E-state index in [1.165, 1.54) is 6.21 Å². The molecule has 0 unspecified atom stereocenters. The van der Waals surface area contributed by atoms with Gasteiger partial charge in [0.05, 0.1) is 12.8 Å². The van der Waals surface area contributed by atoms with Crippen molar-refractivity contribution < 1.29 is 14.3 Å². The highest BCUT2D eigenvalue weighted by Gasteiger charge is 2.13. The molecule has 0 saturated carbocycles. The molecule has 28 heavy (non-hydrogen) atoms. The molecule has 0 aliphatic carbocycles. The Kier molecular flexibility index (Phi) is 8.13. The van der Waals surface area contributed by atoms with Crippen molar-refractivity contribution in [2.75, 3.05) is 13.2 Å². The molecular formula is C22H21ClN2O3. The monoisotopic (exact) mass is 396 g/mol. The number of nitrogens with one attached hydrogen (secondary N) is 1. The normalized spacial score (nSPS) is 10.3. The minimum Gasteiger partial charge on any atom is -0.490 e. The fourth-order valence-electron chi connectivity index (χ4n) is 2.44. The lowest BCUT2D eigenvalue weighted by atomic mass is 10.1. The van der Waals surface area contributed by atoms with E-state index < -0.39 is 0 Å². The van der Waals surface area contributed by atoms with Crippen LogP contribution in [-0.2, 0) is 6.42 Å². The van der Waals surface area contributed by atoms with Crippen molar-refractivity contribution in [1.82, 2.24) is 5.43 Å². The van der Waals surface area contributed by atoms with Gasteiger partial charge in [-0.25, -0.2) is 5.43 Å². The minimum absolute atomic E-state index is 0.134. The zero-order valence-electron chi connectivity index (χ0n) is 15.6. The molecule has 2 rings (SSSR count). The van der Waals surface area contributed by atoms with Gasteiger partial charge in [-0.05, 0) is 55.3 Å². The Hall–Kier alpha value is -3.23. The SMILES string of the molecule is C#CCOc1c(CC=C)cc(/C=N\NC(=O)c2ccc(Cl)cc2)cc1OCC. The number of rotatable bonds is 9. The Balaban J connectivity index is 2.22. The van der Waals surface area contributed by atoms with Crippen LogP contribution < -0.4 is 14.9 Å². The lowest BCUT2D eigenvalue weighted by molar-refractivity contribution is 0.0955. The molecule has 6 heteroatoms. The summed E-state index contributed by atoms with van der Waals surface area (Å²) in [4.78, 5) is 12.1. The molecule has 0 bridgehead atoms. The Morgan fingerprint density at radius 2 is 2.07 bits per heavy atom. The highest BCUT2D eigenvalue weighted by atomic mass is 35.5. The van der Waals surface area contributed by atoms with Crippen molar-refractivity contribution in [3.05, 3.63) is 70.8 Å². The first-order chi connectivity index (χ1) is 13.6. The maximum atomic E-state index is 12.1. The number of amides is 1. The highest BCUT2D eigenvalue weighted by Crippen LogP contribution is 2.33. The third kappa shape index (κ3) is 5.90. The molecule has 0 fully saturated rings. The van der Waals surface area contributed by atoms with Gasteiger partial charge in [0.25, 0.3) is 5.91 Å². The van der Waals surface area contributed by atoms with Gasteiger partial charge in [-0.2, -0.15) is 5.10 Å². The van der Waals surface area contributed by atoms with Crippen LogP contribution in [0.25, 0.3) is 0 Å². The largest absolute Gasteiger partial charge is 0.490 e. The van der Waals surface area contributed by atoms with Gasteiger partial charge in [-0.15, -0.1) is 13.0 Å². The van der Waals surface area contributed by atoms with E-state index in [9.17, 15) is 4.79 Å². The number of benzene rings is 2. The molecule has 0 aromatic heterocycles. The van der Waals surface area contributed by atoms with Gasteiger partial charge >= 0.3 is 0 Å². The summed E-state index contributed by atoms with van der Waals surface area (Å²) >= 11 is 5.82. The number of hydrogen-bond donors (Lipinski definition) is 1. The molecule has 2 aromatic carbocycles. The van der Waals surface area contributed by atoms with Gasteiger partial charge in [0.1, 0.15) is 6.61 Å². The first kappa shape index (κ1) is 21.1. The van der Waals surface area contributed by atoms with Crippen LogP contribution in [0.15, 0.2) is 54.2 Å². The van der Waals surface area contributed by atoms with E-state index in [4.69, 9.17) is 27.5 Å². The summed E-state index contributed by atoms with van der Waals surface area (Å²) in [6.07, 6.45) is 9.16. The van der Waals surface area contributed by atoms with E-state index in [0.29, 0.717) is 35.1 Å². The van der Waals surface area contributed by atoms with Gasteiger partial charge in [-0.3, -0.25) is 4.79 Å². The molecule has 0 atom stereocenters. The van der Waals surface area contributed by atoms with E-state index in [1.54, 1.807) is 36.4 Å². The van der Waals surface area contributed by atoms with Gasteiger partial charge < -0.3 is 9.47 Å². The Morgan fingerprint density at radius 1 is 1.32 bits per heavy atom. The predicted octanol–water partition coefficient (Wildman–Crippen LogP) is 4.24. The van der Waals surface area contributed by atoms with Crippen LogP contribution in [0.2, 0.25) is 5.02 Å². The predicted molar refractivity (Wildman–Crippen MR) is 112 cm³/mol. The van der Waals surface area contributed by atoms with Crippen LogP contribution in [0.4, 0.5) is 0 Å². The van der Waals surface area contributed by atoms with Crippen molar-refractivity contribution in [3.63, 3.8) is 0 Å². The van der Waals surface area contributed by atoms with Crippen LogP contribution >= 0.6 is 11.6 Å². The highest BCUT2D eigenvalue weighted by molar-refractivity contribution is 6.30. The molecule has 2 aromatic rings. The summed E-state index contributed by atoms with van der Waals surface area (Å²) in [6.45, 7) is 6.25. The number of carbonyl (C=O) groups is 1. The molecular weight excluding hydrogens is 376 g/mol. The number of hydrogen-bond acceptors (Lipinski definition) is 4. The summed E-state index contributed by atoms with van der Waals surface area (Å²) in [5, 5.41) is 4.58. The number of hydrazone groups is 1. The first-order valence-corrected chi connectivity index (χ1v) is 9.02. The minimum atomic E-state index is -0.335. The number of terminal acetylenes is 1. The summed E-state index contributed by atoms with van der Waals surface area (Å²) < 4.78 is 11.3. The second-order valence-corrected chi connectivity index (χ2v) is 6.07. The van der Waals surface area contributed by atoms with Gasteiger partial charge in [0.15, 0.2) is 11.5 Å². The Morgan fingerprint density at radius 3 is 2.71 bits per heavy atom. The maximum Gasteiger partial charge on any atom is 0.271 e.